The smallest absolute Gasteiger partial charge is 0.331 e. The van der Waals surface area contributed by atoms with Crippen LogP contribution in [0.1, 0.15) is 58.3 Å². The Balaban J connectivity index is 1.31. The number of allylic oxidation sites excluding steroid dienone is 2. The van der Waals surface area contributed by atoms with Gasteiger partial charge >= 0.3 is 5.97 Å². The number of nitrogens with zero attached hydrogens (tertiary/aromatic N) is 1. The lowest BCUT2D eigenvalue weighted by molar-refractivity contribution is -0.170. The molecule has 1 spiro atoms. The van der Waals surface area contributed by atoms with Crippen LogP contribution in [0, 0.1) is 52.8 Å². The summed E-state index contributed by atoms with van der Waals surface area (Å²) in [5.74, 6) is 6.38. The van der Waals surface area contributed by atoms with Gasteiger partial charge in [-0.25, -0.2) is 4.79 Å². The van der Waals surface area contributed by atoms with E-state index in [9.17, 15) is 4.79 Å². The molecule has 7 rings (SSSR count). The van der Waals surface area contributed by atoms with Gasteiger partial charge in [0.1, 0.15) is 5.60 Å². The molecule has 5 saturated carbocycles. The maximum atomic E-state index is 12.2. The molecule has 0 bridgehead atoms. The molecule has 0 aromatic heterocycles. The monoisotopic (exact) mass is 391 g/mol. The van der Waals surface area contributed by atoms with Crippen LogP contribution in [-0.2, 0) is 9.53 Å². The fourth-order valence-corrected chi connectivity index (χ4v) is 9.42. The summed E-state index contributed by atoms with van der Waals surface area (Å²) >= 11 is 0. The zero-order chi connectivity index (χ0) is 19.5. The zero-order valence-corrected chi connectivity index (χ0v) is 17.8. The molecule has 3 heteroatoms. The molecule has 0 aromatic carbocycles. The lowest BCUT2D eigenvalue weighted by Crippen LogP contribution is -2.56. The number of ether oxygens (including phenoxy) is 1. The Kier molecular flexibility index (Phi) is 3.25. The van der Waals surface area contributed by atoms with Crippen molar-refractivity contribution in [3.05, 3.63) is 23.8 Å². The van der Waals surface area contributed by atoms with Gasteiger partial charge in [0.05, 0.1) is 0 Å². The summed E-state index contributed by atoms with van der Waals surface area (Å²) in [4.78, 5) is 16.7. The van der Waals surface area contributed by atoms with Crippen LogP contribution < -0.4 is 0 Å². The summed E-state index contributed by atoms with van der Waals surface area (Å²) < 4.78 is 6.19. The molecule has 5 fully saturated rings. The molecule has 3 nitrogen and oxygen atoms in total. The third-order valence-corrected chi connectivity index (χ3v) is 10.7. The second-order valence-electron chi connectivity index (χ2n) is 11.6. The largest absolute Gasteiger partial charge is 0.451 e. The van der Waals surface area contributed by atoms with Crippen LogP contribution in [0.15, 0.2) is 28.8 Å². The number of hydrogen-bond donors (Lipinski definition) is 0. The lowest BCUT2D eigenvalue weighted by atomic mass is 9.46. The first-order chi connectivity index (χ1) is 14.1. The first-order valence-electron chi connectivity index (χ1n) is 12.1. The van der Waals surface area contributed by atoms with Gasteiger partial charge in [-0.1, -0.05) is 12.5 Å². The second-order valence-corrected chi connectivity index (χ2v) is 11.6. The summed E-state index contributed by atoms with van der Waals surface area (Å²) in [6.07, 6.45) is 17.0. The standard InChI is InChI=1S/C26H33NO2/c1-25-9-7-18-17-6-5-16(27-2)11-15(17)12-19(14-3-4-14)23(18)24(25)20-13-21(20)26(25)10-8-22(28)29-26/h8,10-11,14,17-21,23-24H,3-7,9,12-13H2,1-2H3/t17?,18?,19-,20?,21?,23?,24?,25?,26?/m1/s1. The molecule has 0 saturated heterocycles. The van der Waals surface area contributed by atoms with Crippen LogP contribution in [0.2, 0.25) is 0 Å². The first-order valence-corrected chi connectivity index (χ1v) is 12.1. The van der Waals surface area contributed by atoms with Crippen LogP contribution in [0.4, 0.5) is 0 Å². The van der Waals surface area contributed by atoms with Gasteiger partial charge < -0.3 is 4.74 Å². The third-order valence-electron chi connectivity index (χ3n) is 10.7. The van der Waals surface area contributed by atoms with Crippen LogP contribution in [-0.4, -0.2) is 24.3 Å². The molecule has 0 N–H and O–H groups in total. The molecule has 1 heterocycles. The molecule has 154 valence electrons. The summed E-state index contributed by atoms with van der Waals surface area (Å²) in [5, 5.41) is 0. The van der Waals surface area contributed by atoms with Crippen molar-refractivity contribution in [2.75, 3.05) is 7.05 Å². The van der Waals surface area contributed by atoms with Gasteiger partial charge in [0.2, 0.25) is 0 Å². The fourth-order valence-electron chi connectivity index (χ4n) is 9.42. The van der Waals surface area contributed by atoms with E-state index in [1.54, 1.807) is 11.6 Å². The van der Waals surface area contributed by atoms with Crippen LogP contribution in [0.5, 0.6) is 0 Å². The number of hydrogen-bond acceptors (Lipinski definition) is 3. The Morgan fingerprint density at radius 3 is 2.72 bits per heavy atom. The van der Waals surface area contributed by atoms with E-state index in [4.69, 9.17) is 4.74 Å². The van der Waals surface area contributed by atoms with Crippen molar-refractivity contribution in [2.45, 2.75) is 63.9 Å². The minimum absolute atomic E-state index is 0.0917. The van der Waals surface area contributed by atoms with E-state index in [-0.39, 0.29) is 17.0 Å². The Morgan fingerprint density at radius 2 is 2.00 bits per heavy atom. The van der Waals surface area contributed by atoms with Gasteiger partial charge in [0.25, 0.3) is 0 Å². The molecule has 0 radical (unpaired) electrons. The van der Waals surface area contributed by atoms with Gasteiger partial charge in [-0.2, -0.15) is 0 Å². The highest BCUT2D eigenvalue weighted by atomic mass is 16.6. The molecule has 0 aromatic rings. The molecular formula is C26H33NO2. The predicted molar refractivity (Wildman–Crippen MR) is 112 cm³/mol. The van der Waals surface area contributed by atoms with E-state index in [0.717, 1.165) is 41.4 Å². The Labute approximate surface area is 174 Å². The predicted octanol–water partition coefficient (Wildman–Crippen LogP) is 4.97. The SMILES string of the molecule is CN=C1C=C2C[C@H](C3CC3)C3C(CCC4(C)C3C3CC3C43C=CC(=O)O3)C2CC1. The minimum atomic E-state index is -0.275. The molecule has 7 aliphatic rings. The van der Waals surface area contributed by atoms with E-state index in [0.29, 0.717) is 5.92 Å². The maximum Gasteiger partial charge on any atom is 0.331 e. The first kappa shape index (κ1) is 17.3. The van der Waals surface area contributed by atoms with Crippen molar-refractivity contribution in [3.8, 4) is 0 Å². The van der Waals surface area contributed by atoms with Gasteiger partial charge in [-0.05, 0) is 105 Å². The van der Waals surface area contributed by atoms with Crippen LogP contribution in [0.3, 0.4) is 0 Å². The molecule has 29 heavy (non-hydrogen) atoms. The summed E-state index contributed by atoms with van der Waals surface area (Å²) in [6, 6.07) is 0. The molecule has 6 aliphatic carbocycles. The topological polar surface area (TPSA) is 38.7 Å². The lowest BCUT2D eigenvalue weighted by Gasteiger charge is -2.59. The zero-order valence-electron chi connectivity index (χ0n) is 17.8. The van der Waals surface area contributed by atoms with Gasteiger partial charge in [-0.3, -0.25) is 4.99 Å². The van der Waals surface area contributed by atoms with E-state index < -0.39 is 0 Å². The third kappa shape index (κ3) is 2.05. The van der Waals surface area contributed by atoms with E-state index in [1.165, 1.54) is 57.1 Å². The fraction of sp³-hybridized carbons (Fsp3) is 0.769. The molecular weight excluding hydrogens is 358 g/mol. The number of carbonyl (C=O) groups is 1. The summed E-state index contributed by atoms with van der Waals surface area (Å²) in [7, 11) is 1.96. The van der Waals surface area contributed by atoms with Crippen LogP contribution in [0.25, 0.3) is 0 Å². The van der Waals surface area contributed by atoms with Gasteiger partial charge in [0, 0.05) is 30.2 Å². The molecule has 1 aliphatic heterocycles. The van der Waals surface area contributed by atoms with Crippen molar-refractivity contribution in [1.82, 2.24) is 0 Å². The van der Waals surface area contributed by atoms with Crippen molar-refractivity contribution in [2.24, 2.45) is 57.8 Å². The highest BCUT2D eigenvalue weighted by Crippen LogP contribution is 2.78. The van der Waals surface area contributed by atoms with Crippen LogP contribution >= 0.6 is 0 Å². The quantitative estimate of drug-likeness (QED) is 0.592. The normalized spacial score (nSPS) is 55.8. The number of esters is 1. The summed E-state index contributed by atoms with van der Waals surface area (Å²) in [5.41, 5.74) is 2.95. The van der Waals surface area contributed by atoms with Gasteiger partial charge in [-0.15, -0.1) is 0 Å². The highest BCUT2D eigenvalue weighted by Gasteiger charge is 2.78. The Hall–Kier alpha value is -1.38. The van der Waals surface area contributed by atoms with Crippen molar-refractivity contribution < 1.29 is 9.53 Å². The van der Waals surface area contributed by atoms with Crippen molar-refractivity contribution >= 4 is 11.7 Å². The summed E-state index contributed by atoms with van der Waals surface area (Å²) in [6.45, 7) is 2.50. The number of fused-ring (bicyclic) bond motifs is 9. The van der Waals surface area contributed by atoms with Crippen molar-refractivity contribution in [1.29, 1.82) is 0 Å². The number of rotatable bonds is 1. The van der Waals surface area contributed by atoms with Crippen molar-refractivity contribution in [3.63, 3.8) is 0 Å². The number of carbonyl (C=O) groups excluding carboxylic acids is 1. The Bertz CT molecular complexity index is 881. The maximum absolute atomic E-state index is 12.2. The second kappa shape index (κ2) is 5.45. The number of aliphatic imine (C=N–C) groups is 1. The van der Waals surface area contributed by atoms with E-state index in [1.807, 2.05) is 7.05 Å². The minimum Gasteiger partial charge on any atom is -0.451 e. The Morgan fingerprint density at radius 1 is 1.14 bits per heavy atom. The molecule has 9 atom stereocenters. The molecule has 8 unspecified atom stereocenters. The molecule has 0 amide bonds. The van der Waals surface area contributed by atoms with E-state index in [2.05, 4.69) is 24.1 Å². The average Bonchev–Trinajstić information content (AvgIpc) is 3.64. The van der Waals surface area contributed by atoms with E-state index >= 15 is 0 Å². The highest BCUT2D eigenvalue weighted by molar-refractivity contribution is 5.96. The van der Waals surface area contributed by atoms with Gasteiger partial charge in [0.15, 0.2) is 0 Å². The average molecular weight is 392 g/mol.